The first-order valence-corrected chi connectivity index (χ1v) is 6.22. The standard InChI is InChI=1S/C13H14BrN3O/c1-8-5-13(16-7-10(8)15)17-11-6-9(14)3-4-12(11)18-2/h3-7H,15H2,1-2H3,(H,16,17). The number of hydrogen-bond donors (Lipinski definition) is 2. The van der Waals surface area contributed by atoms with Crippen molar-refractivity contribution in [1.82, 2.24) is 4.98 Å². The first kappa shape index (κ1) is 12.7. The number of aromatic nitrogens is 1. The zero-order valence-corrected chi connectivity index (χ0v) is 11.8. The van der Waals surface area contributed by atoms with Gasteiger partial charge in [-0.05, 0) is 36.8 Å². The molecule has 1 heterocycles. The van der Waals surface area contributed by atoms with Gasteiger partial charge in [0.25, 0.3) is 0 Å². The maximum atomic E-state index is 5.74. The zero-order chi connectivity index (χ0) is 13.1. The molecule has 3 N–H and O–H groups in total. The third kappa shape index (κ3) is 2.73. The van der Waals surface area contributed by atoms with Gasteiger partial charge in [0.2, 0.25) is 0 Å². The highest BCUT2D eigenvalue weighted by Crippen LogP contribution is 2.30. The van der Waals surface area contributed by atoms with Crippen LogP contribution in [0.25, 0.3) is 0 Å². The van der Waals surface area contributed by atoms with E-state index >= 15 is 0 Å². The Kier molecular flexibility index (Phi) is 3.72. The monoisotopic (exact) mass is 307 g/mol. The van der Waals surface area contributed by atoms with Crippen LogP contribution in [-0.2, 0) is 0 Å². The van der Waals surface area contributed by atoms with E-state index in [0.29, 0.717) is 5.69 Å². The van der Waals surface area contributed by atoms with Gasteiger partial charge in [0.1, 0.15) is 11.6 Å². The number of ether oxygens (including phenoxy) is 1. The van der Waals surface area contributed by atoms with Crippen LogP contribution in [0.15, 0.2) is 34.9 Å². The summed E-state index contributed by atoms with van der Waals surface area (Å²) < 4.78 is 6.26. The largest absolute Gasteiger partial charge is 0.495 e. The van der Waals surface area contributed by atoms with Crippen molar-refractivity contribution in [2.75, 3.05) is 18.2 Å². The second kappa shape index (κ2) is 5.27. The molecular weight excluding hydrogens is 294 g/mol. The fraction of sp³-hybridized carbons (Fsp3) is 0.154. The van der Waals surface area contributed by atoms with Gasteiger partial charge in [0.15, 0.2) is 0 Å². The summed E-state index contributed by atoms with van der Waals surface area (Å²) in [6.45, 7) is 1.94. The molecule has 0 bridgehead atoms. The van der Waals surface area contributed by atoms with Crippen molar-refractivity contribution < 1.29 is 4.74 Å². The number of pyridine rings is 1. The lowest BCUT2D eigenvalue weighted by Gasteiger charge is -2.11. The molecule has 94 valence electrons. The van der Waals surface area contributed by atoms with Crippen LogP contribution in [0.4, 0.5) is 17.2 Å². The summed E-state index contributed by atoms with van der Waals surface area (Å²) in [6.07, 6.45) is 1.64. The summed E-state index contributed by atoms with van der Waals surface area (Å²) in [5.41, 5.74) is 8.26. The fourth-order valence-electron chi connectivity index (χ4n) is 1.55. The van der Waals surface area contributed by atoms with Gasteiger partial charge >= 0.3 is 0 Å². The molecular formula is C13H14BrN3O. The number of nitrogens with one attached hydrogen (secondary N) is 1. The van der Waals surface area contributed by atoms with Crippen LogP contribution in [0, 0.1) is 6.92 Å². The first-order chi connectivity index (χ1) is 8.60. The highest BCUT2D eigenvalue weighted by molar-refractivity contribution is 9.10. The lowest BCUT2D eigenvalue weighted by Crippen LogP contribution is -1.99. The van der Waals surface area contributed by atoms with Crippen molar-refractivity contribution in [1.29, 1.82) is 0 Å². The average molecular weight is 308 g/mol. The number of anilines is 3. The normalized spacial score (nSPS) is 10.2. The molecule has 0 radical (unpaired) electrons. The van der Waals surface area contributed by atoms with Crippen molar-refractivity contribution in [2.24, 2.45) is 0 Å². The maximum absolute atomic E-state index is 5.74. The quantitative estimate of drug-likeness (QED) is 0.911. The molecule has 0 fully saturated rings. The van der Waals surface area contributed by atoms with Gasteiger partial charge in [-0.3, -0.25) is 0 Å². The number of hydrogen-bond acceptors (Lipinski definition) is 4. The van der Waals surface area contributed by atoms with E-state index in [1.165, 1.54) is 0 Å². The number of aryl methyl sites for hydroxylation is 1. The molecule has 0 saturated carbocycles. The van der Waals surface area contributed by atoms with Gasteiger partial charge in [-0.25, -0.2) is 4.98 Å². The van der Waals surface area contributed by atoms with Crippen LogP contribution in [0.3, 0.4) is 0 Å². The van der Waals surface area contributed by atoms with Crippen LogP contribution in [-0.4, -0.2) is 12.1 Å². The summed E-state index contributed by atoms with van der Waals surface area (Å²) in [7, 11) is 1.63. The third-order valence-corrected chi connectivity index (χ3v) is 3.07. The van der Waals surface area contributed by atoms with Gasteiger partial charge in [-0.1, -0.05) is 15.9 Å². The molecule has 0 amide bonds. The van der Waals surface area contributed by atoms with Crippen molar-refractivity contribution in [3.8, 4) is 5.75 Å². The molecule has 18 heavy (non-hydrogen) atoms. The summed E-state index contributed by atoms with van der Waals surface area (Å²) >= 11 is 3.43. The molecule has 2 rings (SSSR count). The Morgan fingerprint density at radius 2 is 2.11 bits per heavy atom. The first-order valence-electron chi connectivity index (χ1n) is 5.43. The Bertz CT molecular complexity index is 572. The van der Waals surface area contributed by atoms with Crippen molar-refractivity contribution in [3.63, 3.8) is 0 Å². The lowest BCUT2D eigenvalue weighted by atomic mass is 10.2. The SMILES string of the molecule is COc1ccc(Br)cc1Nc1cc(C)c(N)cn1. The summed E-state index contributed by atoms with van der Waals surface area (Å²) in [5.74, 6) is 1.49. The van der Waals surface area contributed by atoms with E-state index in [2.05, 4.69) is 26.2 Å². The highest BCUT2D eigenvalue weighted by atomic mass is 79.9. The molecule has 5 heteroatoms. The minimum atomic E-state index is 0.682. The van der Waals surface area contributed by atoms with E-state index in [4.69, 9.17) is 10.5 Å². The number of nitrogens with zero attached hydrogens (tertiary/aromatic N) is 1. The van der Waals surface area contributed by atoms with E-state index in [0.717, 1.165) is 27.3 Å². The van der Waals surface area contributed by atoms with E-state index in [9.17, 15) is 0 Å². The smallest absolute Gasteiger partial charge is 0.142 e. The molecule has 0 aliphatic heterocycles. The third-order valence-electron chi connectivity index (χ3n) is 2.58. The van der Waals surface area contributed by atoms with Crippen molar-refractivity contribution in [2.45, 2.75) is 6.92 Å². The van der Waals surface area contributed by atoms with Crippen molar-refractivity contribution in [3.05, 3.63) is 40.5 Å². The predicted octanol–water partition coefficient (Wildman–Crippen LogP) is 3.49. The van der Waals surface area contributed by atoms with Crippen LogP contribution in [0.2, 0.25) is 0 Å². The number of methoxy groups -OCH3 is 1. The van der Waals surface area contributed by atoms with E-state index in [-0.39, 0.29) is 0 Å². The second-order valence-electron chi connectivity index (χ2n) is 3.90. The summed E-state index contributed by atoms with van der Waals surface area (Å²) in [5, 5.41) is 3.21. The fourth-order valence-corrected chi connectivity index (χ4v) is 1.91. The molecule has 0 aliphatic rings. The number of nitrogens with two attached hydrogens (primary N) is 1. The molecule has 0 unspecified atom stereocenters. The highest BCUT2D eigenvalue weighted by Gasteiger charge is 2.05. The molecule has 1 aromatic carbocycles. The Labute approximate surface area is 114 Å². The van der Waals surface area contributed by atoms with E-state index in [1.807, 2.05) is 31.2 Å². The zero-order valence-electron chi connectivity index (χ0n) is 10.2. The molecule has 4 nitrogen and oxygen atoms in total. The van der Waals surface area contributed by atoms with Crippen LogP contribution >= 0.6 is 15.9 Å². The van der Waals surface area contributed by atoms with E-state index in [1.54, 1.807) is 13.3 Å². The molecule has 0 spiro atoms. The topological polar surface area (TPSA) is 60.2 Å². The Morgan fingerprint density at radius 1 is 1.33 bits per heavy atom. The Balaban J connectivity index is 2.33. The summed E-state index contributed by atoms with van der Waals surface area (Å²) in [4.78, 5) is 4.23. The number of nitrogen functional groups attached to an aromatic ring is 1. The number of benzene rings is 1. The van der Waals surface area contributed by atoms with Crippen LogP contribution in [0.5, 0.6) is 5.75 Å². The van der Waals surface area contributed by atoms with Crippen molar-refractivity contribution >= 4 is 33.1 Å². The molecule has 0 aliphatic carbocycles. The van der Waals surface area contributed by atoms with Gasteiger partial charge in [0.05, 0.1) is 24.7 Å². The second-order valence-corrected chi connectivity index (χ2v) is 4.81. The van der Waals surface area contributed by atoms with Gasteiger partial charge < -0.3 is 15.8 Å². The number of halogens is 1. The van der Waals surface area contributed by atoms with Gasteiger partial charge in [0, 0.05) is 4.47 Å². The molecule has 1 aromatic heterocycles. The predicted molar refractivity (Wildman–Crippen MR) is 77.4 cm³/mol. The van der Waals surface area contributed by atoms with Crippen LogP contribution in [0.1, 0.15) is 5.56 Å². The molecule has 2 aromatic rings. The van der Waals surface area contributed by atoms with Gasteiger partial charge in [-0.2, -0.15) is 0 Å². The molecule has 0 atom stereocenters. The minimum Gasteiger partial charge on any atom is -0.495 e. The van der Waals surface area contributed by atoms with Gasteiger partial charge in [-0.15, -0.1) is 0 Å². The Morgan fingerprint density at radius 3 is 2.78 bits per heavy atom. The van der Waals surface area contributed by atoms with E-state index < -0.39 is 0 Å². The molecule has 0 saturated heterocycles. The average Bonchev–Trinajstić information content (AvgIpc) is 2.34. The summed E-state index contributed by atoms with van der Waals surface area (Å²) in [6, 6.07) is 7.64. The Hall–Kier alpha value is -1.75. The number of rotatable bonds is 3. The minimum absolute atomic E-state index is 0.682. The maximum Gasteiger partial charge on any atom is 0.142 e. The lowest BCUT2D eigenvalue weighted by molar-refractivity contribution is 0.416. The van der Waals surface area contributed by atoms with Crippen LogP contribution < -0.4 is 15.8 Å².